The molecule has 1 aromatic rings. The van der Waals surface area contributed by atoms with Gasteiger partial charge in [-0.25, -0.2) is 13.6 Å². The summed E-state index contributed by atoms with van der Waals surface area (Å²) in [7, 11) is -4.14. The molecule has 1 aliphatic carbocycles. The number of hydrogen-bond acceptors (Lipinski definition) is 6. The van der Waals surface area contributed by atoms with E-state index in [0.717, 1.165) is 31.7 Å². The smallest absolute Gasteiger partial charge is 0.291 e. The molecule has 0 aliphatic heterocycles. The fourth-order valence-electron chi connectivity index (χ4n) is 2.78. The number of hydrogen-bond donors (Lipinski definition) is 3. The lowest BCUT2D eigenvalue weighted by Crippen LogP contribution is -2.32. The molecule has 1 fully saturated rings. The third kappa shape index (κ3) is 4.63. The Morgan fingerprint density at radius 1 is 1.43 bits per heavy atom. The van der Waals surface area contributed by atoms with Gasteiger partial charge in [0.2, 0.25) is 10.0 Å². The first kappa shape index (κ1) is 17.6. The lowest BCUT2D eigenvalue weighted by molar-refractivity contribution is -0.387. The Hall–Kier alpha value is -1.71. The summed E-state index contributed by atoms with van der Waals surface area (Å²) in [5.74, 6) is 0.368. The van der Waals surface area contributed by atoms with E-state index in [0.29, 0.717) is 18.2 Å². The normalized spacial score (nSPS) is 25.1. The Morgan fingerprint density at radius 3 is 2.57 bits per heavy atom. The van der Waals surface area contributed by atoms with Gasteiger partial charge in [-0.1, -0.05) is 0 Å². The summed E-state index contributed by atoms with van der Waals surface area (Å²) in [5.41, 5.74) is -0.669. The van der Waals surface area contributed by atoms with Crippen LogP contribution in [0.2, 0.25) is 0 Å². The third-order valence-corrected chi connectivity index (χ3v) is 5.20. The number of primary sulfonamides is 1. The summed E-state index contributed by atoms with van der Waals surface area (Å²) >= 11 is 0. The zero-order chi connectivity index (χ0) is 17.3. The highest BCUT2D eigenvalue weighted by Crippen LogP contribution is 2.32. The zero-order valence-electron chi connectivity index (χ0n) is 12.9. The Balaban J connectivity index is 2.07. The molecule has 0 aromatic heterocycles. The number of nitrogens with one attached hydrogen (secondary N) is 1. The number of anilines is 1. The predicted molar refractivity (Wildman–Crippen MR) is 85.5 cm³/mol. The van der Waals surface area contributed by atoms with Crippen molar-refractivity contribution >= 4 is 21.4 Å². The van der Waals surface area contributed by atoms with Crippen molar-refractivity contribution in [2.24, 2.45) is 11.1 Å². The summed E-state index contributed by atoms with van der Waals surface area (Å²) in [6.45, 7) is 2.44. The third-order valence-electron chi connectivity index (χ3n) is 4.24. The van der Waals surface area contributed by atoms with E-state index >= 15 is 0 Å². The average Bonchev–Trinajstić information content (AvgIpc) is 2.44. The van der Waals surface area contributed by atoms with Crippen LogP contribution < -0.4 is 10.5 Å². The van der Waals surface area contributed by atoms with Gasteiger partial charge in [0.25, 0.3) is 5.69 Å². The minimum absolute atomic E-state index is 0.368. The van der Waals surface area contributed by atoms with E-state index in [-0.39, 0.29) is 0 Å². The average molecular weight is 343 g/mol. The van der Waals surface area contributed by atoms with Gasteiger partial charge in [-0.15, -0.1) is 0 Å². The van der Waals surface area contributed by atoms with E-state index in [9.17, 15) is 23.6 Å². The predicted octanol–water partition coefficient (Wildman–Crippen LogP) is 1.60. The van der Waals surface area contributed by atoms with E-state index < -0.39 is 31.1 Å². The number of nitrogens with two attached hydrogens (primary N) is 1. The summed E-state index contributed by atoms with van der Waals surface area (Å²) in [4.78, 5) is 9.77. The van der Waals surface area contributed by atoms with E-state index in [1.807, 2.05) is 6.92 Å². The molecule has 4 N–H and O–H groups in total. The van der Waals surface area contributed by atoms with Gasteiger partial charge < -0.3 is 10.4 Å². The van der Waals surface area contributed by atoms with E-state index in [2.05, 4.69) is 5.32 Å². The van der Waals surface area contributed by atoms with Crippen LogP contribution in [0.25, 0.3) is 0 Å². The Bertz CT molecular complexity index is 692. The highest BCUT2D eigenvalue weighted by Gasteiger charge is 2.28. The second-order valence-electron chi connectivity index (χ2n) is 6.31. The van der Waals surface area contributed by atoms with Crippen molar-refractivity contribution in [3.05, 3.63) is 28.3 Å². The maximum Gasteiger partial charge on any atom is 0.291 e. The Kier molecular flexibility index (Phi) is 4.92. The quantitative estimate of drug-likeness (QED) is 0.549. The molecule has 0 bridgehead atoms. The number of sulfonamides is 1. The molecule has 0 radical (unpaired) electrons. The van der Waals surface area contributed by atoms with Gasteiger partial charge in [-0.2, -0.15) is 0 Å². The minimum atomic E-state index is -4.14. The second kappa shape index (κ2) is 6.42. The summed E-state index contributed by atoms with van der Waals surface area (Å²) in [6.07, 6.45) is 3.20. The molecule has 8 nitrogen and oxygen atoms in total. The molecular formula is C14H21N3O5S. The molecule has 128 valence electrons. The number of rotatable bonds is 5. The molecule has 1 aliphatic rings. The number of nitro groups is 1. The van der Waals surface area contributed by atoms with Crippen LogP contribution in [0, 0.1) is 16.0 Å². The second-order valence-corrected chi connectivity index (χ2v) is 7.84. The van der Waals surface area contributed by atoms with Crippen molar-refractivity contribution in [3.63, 3.8) is 0 Å². The maximum atomic E-state index is 11.4. The van der Waals surface area contributed by atoms with Crippen molar-refractivity contribution in [1.29, 1.82) is 0 Å². The summed E-state index contributed by atoms with van der Waals surface area (Å²) < 4.78 is 22.7. The molecule has 0 atom stereocenters. The summed E-state index contributed by atoms with van der Waals surface area (Å²) in [6, 6.07) is 3.78. The topological polar surface area (TPSA) is 136 Å². The van der Waals surface area contributed by atoms with Gasteiger partial charge in [0.05, 0.1) is 10.5 Å². The van der Waals surface area contributed by atoms with Crippen molar-refractivity contribution < 1.29 is 18.4 Å². The first-order valence-electron chi connectivity index (χ1n) is 7.36. The zero-order valence-corrected chi connectivity index (χ0v) is 13.7. The standard InChI is InChI=1S/C14H21N3O5S/c1-14(18)6-4-10(5-7-14)9-16-11-2-3-13(23(15,21)22)12(8-11)17(19)20/h2-3,8,10,16,18H,4-7,9H2,1H3,(H2,15,21,22). The molecule has 23 heavy (non-hydrogen) atoms. The van der Waals surface area contributed by atoms with Crippen LogP contribution in [0.3, 0.4) is 0 Å². The van der Waals surface area contributed by atoms with Crippen molar-refractivity contribution in [3.8, 4) is 0 Å². The van der Waals surface area contributed by atoms with Gasteiger partial charge in [-0.3, -0.25) is 10.1 Å². The van der Waals surface area contributed by atoms with Crippen LogP contribution in [-0.4, -0.2) is 30.6 Å². The number of nitrogens with zero attached hydrogens (tertiary/aromatic N) is 1. The molecule has 0 amide bonds. The fourth-order valence-corrected chi connectivity index (χ4v) is 3.46. The van der Waals surface area contributed by atoms with Crippen LogP contribution in [0.4, 0.5) is 11.4 Å². The number of aliphatic hydroxyl groups is 1. The van der Waals surface area contributed by atoms with Crippen LogP contribution in [-0.2, 0) is 10.0 Å². The lowest BCUT2D eigenvalue weighted by Gasteiger charge is -2.33. The molecule has 9 heteroatoms. The van der Waals surface area contributed by atoms with E-state index in [1.54, 1.807) is 0 Å². The summed E-state index contributed by atoms with van der Waals surface area (Å²) in [5, 5.41) is 29.0. The van der Waals surface area contributed by atoms with Gasteiger partial charge in [0, 0.05) is 18.3 Å². The highest BCUT2D eigenvalue weighted by molar-refractivity contribution is 7.89. The first-order valence-corrected chi connectivity index (χ1v) is 8.91. The lowest BCUT2D eigenvalue weighted by atomic mass is 9.80. The maximum absolute atomic E-state index is 11.4. The molecule has 1 aromatic carbocycles. The van der Waals surface area contributed by atoms with E-state index in [1.165, 1.54) is 12.1 Å². The largest absolute Gasteiger partial charge is 0.390 e. The Morgan fingerprint density at radius 2 is 2.04 bits per heavy atom. The van der Waals surface area contributed by atoms with Crippen LogP contribution >= 0.6 is 0 Å². The van der Waals surface area contributed by atoms with Crippen molar-refractivity contribution in [2.75, 3.05) is 11.9 Å². The molecule has 0 unspecified atom stereocenters. The van der Waals surface area contributed by atoms with Gasteiger partial charge in [-0.05, 0) is 50.7 Å². The number of nitro benzene ring substituents is 1. The van der Waals surface area contributed by atoms with Crippen molar-refractivity contribution in [1.82, 2.24) is 0 Å². The first-order chi connectivity index (χ1) is 10.6. The SMILES string of the molecule is CC1(O)CCC(CNc2ccc(S(N)(=O)=O)c([N+](=O)[O-])c2)CC1. The molecule has 1 saturated carbocycles. The molecule has 0 heterocycles. The minimum Gasteiger partial charge on any atom is -0.390 e. The molecule has 2 rings (SSSR count). The van der Waals surface area contributed by atoms with E-state index in [4.69, 9.17) is 5.14 Å². The molecule has 0 saturated heterocycles. The van der Waals surface area contributed by atoms with Crippen LogP contribution in [0.5, 0.6) is 0 Å². The molecular weight excluding hydrogens is 322 g/mol. The van der Waals surface area contributed by atoms with Crippen LogP contribution in [0.1, 0.15) is 32.6 Å². The van der Waals surface area contributed by atoms with Crippen molar-refractivity contribution in [2.45, 2.75) is 43.1 Å². The van der Waals surface area contributed by atoms with Gasteiger partial charge in [0.1, 0.15) is 0 Å². The van der Waals surface area contributed by atoms with Gasteiger partial charge in [0.15, 0.2) is 4.90 Å². The van der Waals surface area contributed by atoms with Gasteiger partial charge >= 0.3 is 0 Å². The monoisotopic (exact) mass is 343 g/mol. The Labute approximate surface area is 134 Å². The highest BCUT2D eigenvalue weighted by atomic mass is 32.2. The number of benzene rings is 1. The molecule has 0 spiro atoms. The fraction of sp³-hybridized carbons (Fsp3) is 0.571. The van der Waals surface area contributed by atoms with Crippen LogP contribution in [0.15, 0.2) is 23.1 Å².